The highest BCUT2D eigenvalue weighted by Crippen LogP contribution is 2.18. The summed E-state index contributed by atoms with van der Waals surface area (Å²) in [4.78, 5) is 15.5. The van der Waals surface area contributed by atoms with E-state index in [1.165, 1.54) is 12.8 Å². The molecule has 19 heavy (non-hydrogen) atoms. The summed E-state index contributed by atoms with van der Waals surface area (Å²) in [6.45, 7) is 7.40. The highest BCUT2D eigenvalue weighted by molar-refractivity contribution is 5.43. The zero-order valence-electron chi connectivity index (χ0n) is 12.1. The van der Waals surface area contributed by atoms with E-state index in [-0.39, 0.29) is 0 Å². The van der Waals surface area contributed by atoms with Crippen LogP contribution in [0.15, 0.2) is 0 Å². The van der Waals surface area contributed by atoms with Crippen molar-refractivity contribution >= 4 is 17.8 Å². The molecular weight excluding hydrogens is 240 g/mol. The summed E-state index contributed by atoms with van der Waals surface area (Å²) in [7, 11) is 1.83. The Labute approximate surface area is 115 Å². The second kappa shape index (κ2) is 6.54. The van der Waals surface area contributed by atoms with Gasteiger partial charge in [0, 0.05) is 26.7 Å². The summed E-state index contributed by atoms with van der Waals surface area (Å²) in [6.07, 6.45) is 3.55. The van der Waals surface area contributed by atoms with E-state index in [9.17, 15) is 0 Å². The minimum atomic E-state index is 0.629. The minimum Gasteiger partial charge on any atom is -0.357 e. The summed E-state index contributed by atoms with van der Waals surface area (Å²) in [5, 5.41) is 6.29. The van der Waals surface area contributed by atoms with Crippen LogP contribution in [-0.2, 0) is 0 Å². The summed E-state index contributed by atoms with van der Waals surface area (Å²) in [6, 6.07) is 0. The molecule has 1 aliphatic heterocycles. The number of hydrogen-bond donors (Lipinski definition) is 2. The third kappa shape index (κ3) is 3.94. The number of nitrogens with zero attached hydrogens (tertiary/aromatic N) is 4. The Morgan fingerprint density at radius 3 is 2.42 bits per heavy atom. The molecule has 1 aliphatic rings. The van der Waals surface area contributed by atoms with E-state index in [2.05, 4.69) is 44.3 Å². The first-order valence-electron chi connectivity index (χ1n) is 7.11. The van der Waals surface area contributed by atoms with Gasteiger partial charge in [-0.1, -0.05) is 13.8 Å². The van der Waals surface area contributed by atoms with E-state index < -0.39 is 0 Å². The van der Waals surface area contributed by atoms with Crippen molar-refractivity contribution in [3.05, 3.63) is 0 Å². The van der Waals surface area contributed by atoms with E-state index in [1.54, 1.807) is 0 Å². The lowest BCUT2D eigenvalue weighted by molar-refractivity contribution is 0.605. The van der Waals surface area contributed by atoms with Crippen molar-refractivity contribution < 1.29 is 0 Å². The average molecular weight is 264 g/mol. The fourth-order valence-electron chi connectivity index (χ4n) is 2.09. The van der Waals surface area contributed by atoms with Gasteiger partial charge in [0.2, 0.25) is 17.8 Å². The third-order valence-electron chi connectivity index (χ3n) is 3.24. The minimum absolute atomic E-state index is 0.629. The Hall–Kier alpha value is -1.59. The fourth-order valence-corrected chi connectivity index (χ4v) is 2.09. The first-order chi connectivity index (χ1) is 9.19. The molecule has 2 heterocycles. The first kappa shape index (κ1) is 13.8. The molecule has 0 aromatic carbocycles. The van der Waals surface area contributed by atoms with Gasteiger partial charge in [0.05, 0.1) is 0 Å². The molecule has 0 atom stereocenters. The van der Waals surface area contributed by atoms with Crippen LogP contribution in [0.2, 0.25) is 0 Å². The van der Waals surface area contributed by atoms with E-state index in [4.69, 9.17) is 0 Å². The summed E-state index contributed by atoms with van der Waals surface area (Å²) in [5.74, 6) is 2.76. The van der Waals surface area contributed by atoms with Crippen LogP contribution in [0.3, 0.4) is 0 Å². The first-order valence-corrected chi connectivity index (χ1v) is 7.11. The highest BCUT2D eigenvalue weighted by Gasteiger charge is 2.17. The van der Waals surface area contributed by atoms with Gasteiger partial charge >= 0.3 is 0 Å². The predicted octanol–water partition coefficient (Wildman–Crippen LogP) is 1.97. The van der Waals surface area contributed by atoms with Crippen molar-refractivity contribution in [3.63, 3.8) is 0 Å². The summed E-state index contributed by atoms with van der Waals surface area (Å²) >= 11 is 0. The van der Waals surface area contributed by atoms with Crippen molar-refractivity contribution in [2.24, 2.45) is 5.92 Å². The molecule has 2 rings (SSSR count). The Balaban J connectivity index is 2.06. The van der Waals surface area contributed by atoms with Crippen molar-refractivity contribution in [1.29, 1.82) is 0 Å². The summed E-state index contributed by atoms with van der Waals surface area (Å²) < 4.78 is 0. The Bertz CT molecular complexity index is 400. The maximum Gasteiger partial charge on any atom is 0.231 e. The van der Waals surface area contributed by atoms with Crippen LogP contribution in [0.25, 0.3) is 0 Å². The molecule has 0 spiro atoms. The Kier molecular flexibility index (Phi) is 4.76. The Morgan fingerprint density at radius 2 is 1.79 bits per heavy atom. The molecule has 106 valence electrons. The molecule has 1 saturated heterocycles. The van der Waals surface area contributed by atoms with Gasteiger partial charge in [0.15, 0.2) is 0 Å². The average Bonchev–Trinajstić information content (AvgIpc) is 2.92. The molecule has 6 nitrogen and oxygen atoms in total. The molecule has 0 aliphatic carbocycles. The zero-order chi connectivity index (χ0) is 13.7. The van der Waals surface area contributed by atoms with Crippen molar-refractivity contribution in [2.75, 3.05) is 42.2 Å². The lowest BCUT2D eigenvalue weighted by atomic mass is 10.1. The third-order valence-corrected chi connectivity index (χ3v) is 3.24. The van der Waals surface area contributed by atoms with Gasteiger partial charge in [0.1, 0.15) is 0 Å². The highest BCUT2D eigenvalue weighted by atomic mass is 15.3. The van der Waals surface area contributed by atoms with Gasteiger partial charge in [-0.05, 0) is 25.2 Å². The molecular formula is C13H24N6. The summed E-state index contributed by atoms with van der Waals surface area (Å²) in [5.41, 5.74) is 0. The SMILES string of the molecule is CNc1nc(NCCC(C)C)nc(N2CCCC2)n1. The van der Waals surface area contributed by atoms with E-state index in [1.807, 2.05) is 7.05 Å². The predicted molar refractivity (Wildman–Crippen MR) is 78.8 cm³/mol. The number of nitrogens with one attached hydrogen (secondary N) is 2. The number of hydrogen-bond acceptors (Lipinski definition) is 6. The fraction of sp³-hybridized carbons (Fsp3) is 0.769. The van der Waals surface area contributed by atoms with Crippen LogP contribution in [0.1, 0.15) is 33.1 Å². The zero-order valence-corrected chi connectivity index (χ0v) is 12.1. The quantitative estimate of drug-likeness (QED) is 0.819. The smallest absolute Gasteiger partial charge is 0.231 e. The van der Waals surface area contributed by atoms with Crippen LogP contribution < -0.4 is 15.5 Å². The van der Waals surface area contributed by atoms with Crippen LogP contribution in [-0.4, -0.2) is 41.6 Å². The van der Waals surface area contributed by atoms with Crippen molar-refractivity contribution in [2.45, 2.75) is 33.1 Å². The van der Waals surface area contributed by atoms with Crippen molar-refractivity contribution in [1.82, 2.24) is 15.0 Å². The van der Waals surface area contributed by atoms with Gasteiger partial charge in [0.25, 0.3) is 0 Å². The number of anilines is 3. The molecule has 2 N–H and O–H groups in total. The van der Waals surface area contributed by atoms with Crippen LogP contribution in [0.5, 0.6) is 0 Å². The molecule has 1 fully saturated rings. The molecule has 0 radical (unpaired) electrons. The second-order valence-electron chi connectivity index (χ2n) is 5.34. The van der Waals surface area contributed by atoms with E-state index in [0.29, 0.717) is 17.8 Å². The largest absolute Gasteiger partial charge is 0.357 e. The van der Waals surface area contributed by atoms with Crippen LogP contribution >= 0.6 is 0 Å². The van der Waals surface area contributed by atoms with Crippen molar-refractivity contribution in [3.8, 4) is 0 Å². The molecule has 0 bridgehead atoms. The van der Waals surface area contributed by atoms with Crippen LogP contribution in [0.4, 0.5) is 17.8 Å². The maximum absolute atomic E-state index is 4.51. The van der Waals surface area contributed by atoms with Crippen LogP contribution in [0, 0.1) is 5.92 Å². The Morgan fingerprint density at radius 1 is 1.11 bits per heavy atom. The molecule has 0 saturated carbocycles. The van der Waals surface area contributed by atoms with Gasteiger partial charge in [-0.25, -0.2) is 0 Å². The van der Waals surface area contributed by atoms with Gasteiger partial charge < -0.3 is 15.5 Å². The maximum atomic E-state index is 4.51. The molecule has 0 unspecified atom stereocenters. The molecule has 1 aromatic rings. The van der Waals surface area contributed by atoms with E-state index >= 15 is 0 Å². The molecule has 1 aromatic heterocycles. The van der Waals surface area contributed by atoms with Gasteiger partial charge in [-0.2, -0.15) is 15.0 Å². The lowest BCUT2D eigenvalue weighted by Crippen LogP contribution is -2.22. The standard InChI is InChI=1S/C13H24N6/c1-10(2)6-7-15-12-16-11(14-3)17-13(18-12)19-8-4-5-9-19/h10H,4-9H2,1-3H3,(H2,14,15,16,17,18). The number of rotatable bonds is 6. The lowest BCUT2D eigenvalue weighted by Gasteiger charge is -2.16. The van der Waals surface area contributed by atoms with E-state index in [0.717, 1.165) is 32.0 Å². The van der Waals surface area contributed by atoms with Gasteiger partial charge in [-0.3, -0.25) is 0 Å². The van der Waals surface area contributed by atoms with Gasteiger partial charge in [-0.15, -0.1) is 0 Å². The monoisotopic (exact) mass is 264 g/mol. The second-order valence-corrected chi connectivity index (χ2v) is 5.34. The topological polar surface area (TPSA) is 66.0 Å². The normalized spacial score (nSPS) is 15.1. The number of aromatic nitrogens is 3. The molecule has 6 heteroatoms. The molecule has 0 amide bonds.